The van der Waals surface area contributed by atoms with Crippen molar-refractivity contribution in [2.45, 2.75) is 58.1 Å². The van der Waals surface area contributed by atoms with Crippen LogP contribution in [-0.2, 0) is 14.9 Å². The molecule has 0 bridgehead atoms. The van der Waals surface area contributed by atoms with Gasteiger partial charge in [0.2, 0.25) is 5.91 Å². The quantitative estimate of drug-likeness (QED) is 0.927. The van der Waals surface area contributed by atoms with Gasteiger partial charge in [0.15, 0.2) is 0 Å². The lowest BCUT2D eigenvalue weighted by Gasteiger charge is -2.59. The first kappa shape index (κ1) is 16.0. The number of pyridine rings is 1. The van der Waals surface area contributed by atoms with E-state index in [2.05, 4.69) is 31.1 Å². The van der Waals surface area contributed by atoms with Crippen molar-refractivity contribution in [3.8, 4) is 0 Å². The van der Waals surface area contributed by atoms with Gasteiger partial charge in [0.25, 0.3) is 0 Å². The minimum Gasteiger partial charge on any atom is -0.378 e. The number of carbonyl (C=O) groups excluding carboxylic acids is 1. The molecular formula is C17H26N2O2. The molecule has 1 fully saturated rings. The summed E-state index contributed by atoms with van der Waals surface area (Å²) in [6.07, 6.45) is 2.56. The van der Waals surface area contributed by atoms with Gasteiger partial charge in [0.05, 0.1) is 16.7 Å². The van der Waals surface area contributed by atoms with E-state index in [1.807, 2.05) is 32.0 Å². The molecule has 0 saturated heterocycles. The Morgan fingerprint density at radius 2 is 2.05 bits per heavy atom. The molecule has 116 valence electrons. The lowest BCUT2D eigenvalue weighted by molar-refractivity contribution is -0.183. The smallest absolute Gasteiger partial charge is 0.231 e. The molecule has 1 aromatic rings. The largest absolute Gasteiger partial charge is 0.378 e. The minimum atomic E-state index is -0.642. The Balaban J connectivity index is 2.10. The first-order valence-corrected chi connectivity index (χ1v) is 7.43. The van der Waals surface area contributed by atoms with Crippen LogP contribution in [0.5, 0.6) is 0 Å². The number of nitrogens with one attached hydrogen (secondary N) is 1. The summed E-state index contributed by atoms with van der Waals surface area (Å²) in [4.78, 5) is 17.0. The van der Waals surface area contributed by atoms with E-state index in [1.165, 1.54) is 0 Å². The Labute approximate surface area is 127 Å². The highest BCUT2D eigenvalue weighted by Crippen LogP contribution is 2.51. The van der Waals surface area contributed by atoms with Crippen LogP contribution in [0.4, 0.5) is 0 Å². The molecule has 4 nitrogen and oxygen atoms in total. The summed E-state index contributed by atoms with van der Waals surface area (Å²) < 4.78 is 5.61. The summed E-state index contributed by atoms with van der Waals surface area (Å²) in [7, 11) is 1.73. The number of ether oxygens (including phenoxy) is 1. The fraction of sp³-hybridized carbons (Fsp3) is 0.647. The maximum atomic E-state index is 12.7. The molecular weight excluding hydrogens is 264 g/mol. The van der Waals surface area contributed by atoms with Crippen LogP contribution in [0.1, 0.15) is 46.7 Å². The van der Waals surface area contributed by atoms with Crippen LogP contribution < -0.4 is 5.32 Å². The van der Waals surface area contributed by atoms with Crippen LogP contribution in [0.25, 0.3) is 0 Å². The highest BCUT2D eigenvalue weighted by Gasteiger charge is 2.58. The van der Waals surface area contributed by atoms with E-state index in [1.54, 1.807) is 13.3 Å². The van der Waals surface area contributed by atoms with Crippen molar-refractivity contribution in [2.75, 3.05) is 7.11 Å². The van der Waals surface area contributed by atoms with Crippen molar-refractivity contribution < 1.29 is 9.53 Å². The zero-order chi connectivity index (χ0) is 15.9. The van der Waals surface area contributed by atoms with Crippen LogP contribution in [-0.4, -0.2) is 29.6 Å². The van der Waals surface area contributed by atoms with Gasteiger partial charge in [0.1, 0.15) is 0 Å². The average molecular weight is 290 g/mol. The summed E-state index contributed by atoms with van der Waals surface area (Å²) >= 11 is 0. The normalized spacial score (nSPS) is 27.8. The molecule has 0 aliphatic heterocycles. The van der Waals surface area contributed by atoms with E-state index in [0.717, 1.165) is 12.1 Å². The van der Waals surface area contributed by atoms with Crippen molar-refractivity contribution in [3.63, 3.8) is 0 Å². The van der Waals surface area contributed by atoms with Crippen LogP contribution in [0.2, 0.25) is 0 Å². The monoisotopic (exact) mass is 290 g/mol. The summed E-state index contributed by atoms with van der Waals surface area (Å²) in [5, 5.41) is 3.18. The molecule has 0 radical (unpaired) electrons. The van der Waals surface area contributed by atoms with E-state index < -0.39 is 5.41 Å². The summed E-state index contributed by atoms with van der Waals surface area (Å²) in [5.74, 6) is 0.0115. The van der Waals surface area contributed by atoms with Crippen LogP contribution in [0.15, 0.2) is 24.4 Å². The summed E-state index contributed by atoms with van der Waals surface area (Å²) in [6, 6.07) is 5.78. The number of rotatable bonds is 4. The number of methoxy groups -OCH3 is 1. The third kappa shape index (κ3) is 2.46. The predicted molar refractivity (Wildman–Crippen MR) is 83.0 cm³/mol. The Kier molecular flexibility index (Phi) is 3.87. The van der Waals surface area contributed by atoms with Gasteiger partial charge in [0, 0.05) is 24.8 Å². The Hall–Kier alpha value is -1.42. The number of hydrogen-bond acceptors (Lipinski definition) is 3. The minimum absolute atomic E-state index is 0.0115. The van der Waals surface area contributed by atoms with Gasteiger partial charge in [-0.15, -0.1) is 0 Å². The molecule has 2 rings (SSSR count). The molecule has 1 aliphatic rings. The van der Waals surface area contributed by atoms with E-state index in [9.17, 15) is 4.79 Å². The van der Waals surface area contributed by atoms with Gasteiger partial charge in [-0.05, 0) is 39.3 Å². The highest BCUT2D eigenvalue weighted by atomic mass is 16.5. The molecule has 0 spiro atoms. The number of nitrogens with zero attached hydrogens (tertiary/aromatic N) is 1. The van der Waals surface area contributed by atoms with Crippen LogP contribution in [0, 0.1) is 5.41 Å². The number of amides is 1. The molecule has 1 N–H and O–H groups in total. The Bertz CT molecular complexity index is 525. The molecule has 4 heteroatoms. The molecule has 1 aromatic heterocycles. The molecule has 1 aliphatic carbocycles. The Morgan fingerprint density at radius 1 is 1.38 bits per heavy atom. The zero-order valence-electron chi connectivity index (χ0n) is 13.9. The van der Waals surface area contributed by atoms with Crippen LogP contribution in [0.3, 0.4) is 0 Å². The second-order valence-electron chi connectivity index (χ2n) is 7.23. The summed E-state index contributed by atoms with van der Waals surface area (Å²) in [5.41, 5.74) is -0.122. The van der Waals surface area contributed by atoms with Gasteiger partial charge in [-0.25, -0.2) is 0 Å². The van der Waals surface area contributed by atoms with Gasteiger partial charge < -0.3 is 10.1 Å². The summed E-state index contributed by atoms with van der Waals surface area (Å²) in [6.45, 7) is 10.2. The van der Waals surface area contributed by atoms with Crippen molar-refractivity contribution in [3.05, 3.63) is 30.1 Å². The molecule has 1 amide bonds. The number of hydrogen-bond donors (Lipinski definition) is 1. The van der Waals surface area contributed by atoms with Gasteiger partial charge in [-0.1, -0.05) is 19.9 Å². The van der Waals surface area contributed by atoms with Gasteiger partial charge >= 0.3 is 0 Å². The first-order valence-electron chi connectivity index (χ1n) is 7.43. The third-order valence-electron chi connectivity index (χ3n) is 5.46. The van der Waals surface area contributed by atoms with Crippen molar-refractivity contribution >= 4 is 5.91 Å². The molecule has 2 unspecified atom stereocenters. The molecule has 1 heterocycles. The lowest BCUT2D eigenvalue weighted by Crippen LogP contribution is -2.69. The lowest BCUT2D eigenvalue weighted by atomic mass is 9.55. The van der Waals surface area contributed by atoms with Crippen molar-refractivity contribution in [1.82, 2.24) is 10.3 Å². The van der Waals surface area contributed by atoms with Crippen LogP contribution >= 0.6 is 0 Å². The molecule has 1 saturated carbocycles. The fourth-order valence-corrected chi connectivity index (χ4v) is 2.91. The van der Waals surface area contributed by atoms with Gasteiger partial charge in [-0.2, -0.15) is 0 Å². The highest BCUT2D eigenvalue weighted by molar-refractivity contribution is 5.87. The van der Waals surface area contributed by atoms with E-state index in [0.29, 0.717) is 0 Å². The molecule has 2 atom stereocenters. The first-order chi connectivity index (χ1) is 9.65. The average Bonchev–Trinajstić information content (AvgIpc) is 2.47. The van der Waals surface area contributed by atoms with Crippen molar-refractivity contribution in [1.29, 1.82) is 0 Å². The molecule has 0 aromatic carbocycles. The van der Waals surface area contributed by atoms with E-state index in [4.69, 9.17) is 4.74 Å². The topological polar surface area (TPSA) is 51.2 Å². The molecule has 21 heavy (non-hydrogen) atoms. The second kappa shape index (κ2) is 5.09. The van der Waals surface area contributed by atoms with E-state index >= 15 is 0 Å². The Morgan fingerprint density at radius 3 is 2.52 bits per heavy atom. The maximum Gasteiger partial charge on any atom is 0.231 e. The fourth-order valence-electron chi connectivity index (χ4n) is 2.91. The van der Waals surface area contributed by atoms with Gasteiger partial charge in [-0.3, -0.25) is 9.78 Å². The maximum absolute atomic E-state index is 12.7. The SMILES string of the molecule is COC1(C)CC(NC(=O)C(C)(C)c2ccccn2)C1(C)C. The second-order valence-corrected chi connectivity index (χ2v) is 7.23. The predicted octanol–water partition coefficient (Wildman–Crippen LogP) is 2.68. The van der Waals surface area contributed by atoms with Crippen molar-refractivity contribution in [2.24, 2.45) is 5.41 Å². The third-order valence-corrected chi connectivity index (χ3v) is 5.46. The number of aromatic nitrogens is 1. The number of carbonyl (C=O) groups is 1. The standard InChI is InChI=1S/C17H26N2O2/c1-15(2,12-9-7-8-10-18-12)14(20)19-13-11-17(5,21-6)16(13,3)4/h7-10,13H,11H2,1-6H3,(H,19,20). The zero-order valence-corrected chi connectivity index (χ0v) is 13.9. The van der Waals surface area contributed by atoms with E-state index in [-0.39, 0.29) is 23.0 Å².